The van der Waals surface area contributed by atoms with Crippen molar-refractivity contribution in [3.05, 3.63) is 18.3 Å². The van der Waals surface area contributed by atoms with E-state index in [1.807, 2.05) is 0 Å². The fraction of sp³-hybridized carbons (Fsp3) is 0.583. The predicted molar refractivity (Wildman–Crippen MR) is 77.8 cm³/mol. The van der Waals surface area contributed by atoms with Crippen LogP contribution in [0.3, 0.4) is 0 Å². The van der Waals surface area contributed by atoms with E-state index >= 15 is 0 Å². The quantitative estimate of drug-likeness (QED) is 0.376. The van der Waals surface area contributed by atoms with Crippen molar-refractivity contribution in [1.29, 1.82) is 0 Å². The Bertz CT molecular complexity index is 774. The molecule has 0 bridgehead atoms. The highest BCUT2D eigenvalue weighted by Gasteiger charge is 2.38. The second kappa shape index (κ2) is 8.50. The first-order valence-electron chi connectivity index (χ1n) is 7.20. The molecular formula is C12H13F6N4O4P. The molecule has 2 aromatic rings. The Labute approximate surface area is 147 Å². The van der Waals surface area contributed by atoms with Gasteiger partial charge in [-0.3, -0.25) is 13.6 Å². The molecule has 15 heteroatoms. The lowest BCUT2D eigenvalue weighted by atomic mass is 10.4. The molecule has 0 spiro atoms. The Morgan fingerprint density at radius 2 is 1.67 bits per heavy atom. The number of fused-ring (bicyclic) bond motifs is 1. The lowest BCUT2D eigenvalue weighted by Crippen LogP contribution is -2.21. The van der Waals surface area contributed by atoms with Crippen molar-refractivity contribution in [2.24, 2.45) is 0 Å². The van der Waals surface area contributed by atoms with Gasteiger partial charge in [-0.1, -0.05) is 0 Å². The van der Waals surface area contributed by atoms with Crippen molar-refractivity contribution >= 4 is 18.8 Å². The lowest BCUT2D eigenvalue weighted by Gasteiger charge is -2.20. The van der Waals surface area contributed by atoms with Gasteiger partial charge >= 0.3 is 19.9 Å². The van der Waals surface area contributed by atoms with Crippen LogP contribution in [0.1, 0.15) is 5.82 Å². The normalized spacial score (nSPS) is 13.4. The van der Waals surface area contributed by atoms with Gasteiger partial charge in [0.2, 0.25) is 0 Å². The molecule has 0 unspecified atom stereocenters. The molecule has 0 amide bonds. The number of aromatic amines is 1. The van der Waals surface area contributed by atoms with Crippen LogP contribution in [0.2, 0.25) is 0 Å². The van der Waals surface area contributed by atoms with Crippen LogP contribution in [0.4, 0.5) is 26.3 Å². The maximum absolute atomic E-state index is 12.2. The third-order valence-electron chi connectivity index (χ3n) is 2.79. The lowest BCUT2D eigenvalue weighted by molar-refractivity contribution is -0.166. The molecule has 0 aliphatic rings. The third-order valence-corrected chi connectivity index (χ3v) is 4.34. The van der Waals surface area contributed by atoms with Gasteiger partial charge in [0.1, 0.15) is 17.7 Å². The molecule has 0 saturated carbocycles. The number of imidazole rings is 1. The van der Waals surface area contributed by atoms with Gasteiger partial charge in [-0.25, -0.2) is 15.0 Å². The number of nitrogens with zero attached hydrogens (tertiary/aromatic N) is 3. The molecule has 0 fully saturated rings. The summed E-state index contributed by atoms with van der Waals surface area (Å²) in [6, 6.07) is 0. The summed E-state index contributed by atoms with van der Waals surface area (Å²) in [6.45, 7) is -4.32. The Balaban J connectivity index is 1.88. The number of hydrogen-bond acceptors (Lipinski definition) is 7. The Kier molecular flexibility index (Phi) is 6.78. The van der Waals surface area contributed by atoms with Gasteiger partial charge in [0.25, 0.3) is 0 Å². The minimum absolute atomic E-state index is 0.0430. The second-order valence-electron chi connectivity index (χ2n) is 5.10. The number of ether oxygens (including phenoxy) is 1. The standard InChI is InChI=1S/C12H13F6N4O4P/c13-11(14,15)4-25-27(23,26-5-12(16,17)18)7-24-2-1-9-19-3-8-10(22-9)21-6-20-8/h3,6H,1-2,4-5,7H2,(H,19,20,21,22). The van der Waals surface area contributed by atoms with E-state index in [0.29, 0.717) is 11.2 Å². The van der Waals surface area contributed by atoms with Gasteiger partial charge in [0, 0.05) is 6.42 Å². The first-order valence-corrected chi connectivity index (χ1v) is 8.93. The number of rotatable bonds is 9. The molecule has 0 atom stereocenters. The van der Waals surface area contributed by atoms with E-state index in [0.717, 1.165) is 0 Å². The first-order chi connectivity index (χ1) is 12.5. The van der Waals surface area contributed by atoms with Crippen molar-refractivity contribution in [2.45, 2.75) is 18.8 Å². The fourth-order valence-corrected chi connectivity index (χ4v) is 2.95. The molecule has 0 saturated heterocycles. The number of alkyl halides is 6. The number of hydrogen-bond donors (Lipinski definition) is 1. The van der Waals surface area contributed by atoms with Crippen molar-refractivity contribution in [2.75, 3.05) is 26.2 Å². The van der Waals surface area contributed by atoms with E-state index in [4.69, 9.17) is 4.74 Å². The van der Waals surface area contributed by atoms with Crippen LogP contribution < -0.4 is 0 Å². The van der Waals surface area contributed by atoms with Gasteiger partial charge in [0.05, 0.1) is 19.1 Å². The molecule has 2 heterocycles. The first kappa shape index (κ1) is 21.5. The summed E-state index contributed by atoms with van der Waals surface area (Å²) < 4.78 is 98.1. The summed E-state index contributed by atoms with van der Waals surface area (Å²) in [5.41, 5.74) is 0.943. The van der Waals surface area contributed by atoms with E-state index in [1.54, 1.807) is 0 Å². The van der Waals surface area contributed by atoms with Gasteiger partial charge in [-0.15, -0.1) is 0 Å². The highest BCUT2D eigenvalue weighted by molar-refractivity contribution is 7.53. The summed E-state index contributed by atoms with van der Waals surface area (Å²) >= 11 is 0. The number of aromatic nitrogens is 4. The summed E-state index contributed by atoms with van der Waals surface area (Å²) in [7, 11) is -4.78. The summed E-state index contributed by atoms with van der Waals surface area (Å²) in [6.07, 6.45) is -8.01. The zero-order chi connectivity index (χ0) is 20.1. The number of H-pyrrole nitrogens is 1. The van der Waals surface area contributed by atoms with E-state index in [1.165, 1.54) is 12.5 Å². The van der Waals surface area contributed by atoms with E-state index in [2.05, 4.69) is 29.0 Å². The molecule has 2 rings (SSSR count). The Morgan fingerprint density at radius 1 is 1.04 bits per heavy atom. The minimum atomic E-state index is -4.90. The highest BCUT2D eigenvalue weighted by atomic mass is 31.2. The molecule has 2 aromatic heterocycles. The van der Waals surface area contributed by atoms with Crippen LogP contribution in [0.25, 0.3) is 11.2 Å². The molecule has 0 radical (unpaired) electrons. The summed E-state index contributed by atoms with van der Waals surface area (Å²) in [4.78, 5) is 14.7. The van der Waals surface area contributed by atoms with Crippen LogP contribution in [-0.4, -0.2) is 58.5 Å². The van der Waals surface area contributed by atoms with Crippen LogP contribution in [0.5, 0.6) is 0 Å². The zero-order valence-electron chi connectivity index (χ0n) is 13.4. The van der Waals surface area contributed by atoms with Crippen LogP contribution in [0, 0.1) is 0 Å². The summed E-state index contributed by atoms with van der Waals surface area (Å²) in [5.74, 6) is 0.261. The maximum Gasteiger partial charge on any atom is 0.412 e. The average Bonchev–Trinajstić information content (AvgIpc) is 3.02. The van der Waals surface area contributed by atoms with Crippen molar-refractivity contribution in [3.8, 4) is 0 Å². The van der Waals surface area contributed by atoms with Gasteiger partial charge < -0.3 is 9.72 Å². The van der Waals surface area contributed by atoms with Crippen molar-refractivity contribution in [3.63, 3.8) is 0 Å². The van der Waals surface area contributed by atoms with Gasteiger partial charge in [-0.2, -0.15) is 26.3 Å². The van der Waals surface area contributed by atoms with E-state index < -0.39 is 39.5 Å². The second-order valence-corrected chi connectivity index (χ2v) is 7.10. The Morgan fingerprint density at radius 3 is 2.26 bits per heavy atom. The molecule has 8 nitrogen and oxygen atoms in total. The van der Waals surface area contributed by atoms with Crippen molar-refractivity contribution in [1.82, 2.24) is 19.9 Å². The molecule has 0 aromatic carbocycles. The Hall–Kier alpha value is -1.76. The molecule has 27 heavy (non-hydrogen) atoms. The molecular weight excluding hydrogens is 409 g/mol. The SMILES string of the molecule is O=P(COCCc1ncc2[nH]cnc2n1)(OCC(F)(F)F)OCC(F)(F)F. The van der Waals surface area contributed by atoms with Crippen LogP contribution in [0.15, 0.2) is 12.5 Å². The molecule has 0 aliphatic heterocycles. The minimum Gasteiger partial charge on any atom is -0.368 e. The smallest absolute Gasteiger partial charge is 0.368 e. The zero-order valence-corrected chi connectivity index (χ0v) is 14.3. The largest absolute Gasteiger partial charge is 0.412 e. The number of halogens is 6. The van der Waals surface area contributed by atoms with Crippen LogP contribution in [-0.2, 0) is 24.8 Å². The topological polar surface area (TPSA) is 99.2 Å². The van der Waals surface area contributed by atoms with E-state index in [9.17, 15) is 30.9 Å². The maximum atomic E-state index is 12.2. The van der Waals surface area contributed by atoms with Crippen molar-refractivity contribution < 1.29 is 44.7 Å². The average molecular weight is 422 g/mol. The van der Waals surface area contributed by atoms with Gasteiger partial charge in [-0.05, 0) is 0 Å². The molecule has 1 N–H and O–H groups in total. The van der Waals surface area contributed by atoms with Gasteiger partial charge in [0.15, 0.2) is 18.9 Å². The highest BCUT2D eigenvalue weighted by Crippen LogP contribution is 2.50. The monoisotopic (exact) mass is 422 g/mol. The fourth-order valence-electron chi connectivity index (χ4n) is 1.69. The summed E-state index contributed by atoms with van der Waals surface area (Å²) in [5, 5.41) is 0. The molecule has 152 valence electrons. The molecule has 0 aliphatic carbocycles. The number of nitrogens with one attached hydrogen (secondary N) is 1. The predicted octanol–water partition coefficient (Wildman–Crippen LogP) is 3.22. The van der Waals surface area contributed by atoms with E-state index in [-0.39, 0.29) is 18.9 Å². The van der Waals surface area contributed by atoms with Crippen LogP contribution >= 0.6 is 7.60 Å². The third kappa shape index (κ3) is 7.79.